The molecule has 0 saturated carbocycles. The highest BCUT2D eigenvalue weighted by molar-refractivity contribution is 9.10. The van der Waals surface area contributed by atoms with Gasteiger partial charge in [-0.3, -0.25) is 0 Å². The van der Waals surface area contributed by atoms with Gasteiger partial charge in [0, 0.05) is 16.6 Å². The highest BCUT2D eigenvalue weighted by Crippen LogP contribution is 2.35. The molecule has 2 rings (SSSR count). The van der Waals surface area contributed by atoms with Gasteiger partial charge in [-0.25, -0.2) is 4.68 Å². The summed E-state index contributed by atoms with van der Waals surface area (Å²) < 4.78 is 13.9. The molecule has 23 heavy (non-hydrogen) atoms. The lowest BCUT2D eigenvalue weighted by Crippen LogP contribution is -2.12. The maximum atomic E-state index is 5.91. The van der Waals surface area contributed by atoms with Crippen LogP contribution in [0.4, 0.5) is 5.95 Å². The molecule has 8 heteroatoms. The van der Waals surface area contributed by atoms with Gasteiger partial charge in [-0.1, -0.05) is 27.1 Å². The van der Waals surface area contributed by atoms with Crippen molar-refractivity contribution in [2.45, 2.75) is 33.0 Å². The number of hydrogen-bond acceptors (Lipinski definition) is 6. The Hall–Kier alpha value is -2.09. The van der Waals surface area contributed by atoms with E-state index in [9.17, 15) is 0 Å². The van der Waals surface area contributed by atoms with Gasteiger partial charge in [0.2, 0.25) is 5.95 Å². The van der Waals surface area contributed by atoms with Crippen molar-refractivity contribution in [3.05, 3.63) is 34.8 Å². The van der Waals surface area contributed by atoms with Crippen molar-refractivity contribution >= 4 is 21.9 Å². The second kappa shape index (κ2) is 7.96. The normalized spacial score (nSPS) is 10.7. The zero-order chi connectivity index (χ0) is 16.8. The quantitative estimate of drug-likeness (QED) is 0.708. The minimum absolute atomic E-state index is 0.0370. The minimum Gasteiger partial charge on any atom is -0.493 e. The van der Waals surface area contributed by atoms with Crippen LogP contribution in [0.2, 0.25) is 0 Å². The lowest BCUT2D eigenvalue weighted by Gasteiger charge is -2.18. The van der Waals surface area contributed by atoms with Crippen LogP contribution in [0.1, 0.15) is 19.4 Å². The average Bonchev–Trinajstić information content (AvgIpc) is 2.94. The monoisotopic (exact) mass is 381 g/mol. The van der Waals surface area contributed by atoms with Gasteiger partial charge in [0.05, 0.1) is 19.8 Å². The van der Waals surface area contributed by atoms with E-state index in [0.29, 0.717) is 30.5 Å². The number of aromatic nitrogens is 4. The highest BCUT2D eigenvalue weighted by atomic mass is 79.9. The number of benzene rings is 1. The van der Waals surface area contributed by atoms with E-state index in [4.69, 9.17) is 9.47 Å². The van der Waals surface area contributed by atoms with Crippen molar-refractivity contribution in [3.8, 4) is 11.5 Å². The maximum absolute atomic E-state index is 5.91. The van der Waals surface area contributed by atoms with E-state index in [2.05, 4.69) is 43.4 Å². The largest absolute Gasteiger partial charge is 0.493 e. The van der Waals surface area contributed by atoms with E-state index in [1.54, 1.807) is 17.9 Å². The Kier molecular flexibility index (Phi) is 5.97. The first-order chi connectivity index (χ1) is 11.0. The Morgan fingerprint density at radius 2 is 2.22 bits per heavy atom. The maximum Gasteiger partial charge on any atom is 0.243 e. The molecule has 0 aliphatic heterocycles. The third-order valence-electron chi connectivity index (χ3n) is 2.94. The predicted octanol–water partition coefficient (Wildman–Crippen LogP) is 3.03. The molecule has 124 valence electrons. The molecule has 0 fully saturated rings. The summed E-state index contributed by atoms with van der Waals surface area (Å²) in [5.74, 6) is 1.95. The van der Waals surface area contributed by atoms with Gasteiger partial charge in [-0.15, -0.1) is 6.58 Å². The first-order valence-corrected chi connectivity index (χ1v) is 7.98. The lowest BCUT2D eigenvalue weighted by atomic mass is 10.2. The summed E-state index contributed by atoms with van der Waals surface area (Å²) in [5, 5.41) is 14.7. The van der Waals surface area contributed by atoms with Crippen LogP contribution in [-0.2, 0) is 13.1 Å². The van der Waals surface area contributed by atoms with E-state index >= 15 is 0 Å². The van der Waals surface area contributed by atoms with Crippen molar-refractivity contribution in [2.24, 2.45) is 0 Å². The smallest absolute Gasteiger partial charge is 0.243 e. The topological polar surface area (TPSA) is 74.1 Å². The summed E-state index contributed by atoms with van der Waals surface area (Å²) in [6.45, 7) is 8.67. The first-order valence-electron chi connectivity index (χ1n) is 7.19. The molecule has 1 heterocycles. The standard InChI is InChI=1S/C15H20BrN5O2/c1-5-6-21-15(18-19-20-21)17-9-11-7-12(16)8-13(22-4)14(11)23-10(2)3/h5,7-8,10H,1,6,9H2,2-4H3,(H,17,18,20). The molecule has 0 saturated heterocycles. The number of tetrazole rings is 1. The molecule has 7 nitrogen and oxygen atoms in total. The molecule has 0 atom stereocenters. The average molecular weight is 382 g/mol. The Morgan fingerprint density at radius 1 is 1.43 bits per heavy atom. The van der Waals surface area contributed by atoms with Crippen LogP contribution in [0.3, 0.4) is 0 Å². The van der Waals surface area contributed by atoms with E-state index in [1.807, 2.05) is 26.0 Å². The zero-order valence-electron chi connectivity index (χ0n) is 13.4. The van der Waals surface area contributed by atoms with Gasteiger partial charge in [-0.2, -0.15) is 0 Å². The number of hydrogen-bond donors (Lipinski definition) is 1. The molecule has 0 bridgehead atoms. The summed E-state index contributed by atoms with van der Waals surface area (Å²) in [7, 11) is 1.62. The fourth-order valence-corrected chi connectivity index (χ4v) is 2.51. The third-order valence-corrected chi connectivity index (χ3v) is 3.40. The molecule has 1 aromatic carbocycles. The third kappa shape index (κ3) is 4.44. The Bertz CT molecular complexity index is 672. The molecule has 0 aliphatic rings. The van der Waals surface area contributed by atoms with Gasteiger partial charge < -0.3 is 14.8 Å². The number of nitrogens with one attached hydrogen (secondary N) is 1. The molecule has 0 radical (unpaired) electrons. The number of rotatable bonds is 8. The number of allylic oxidation sites excluding steroid dienone is 1. The van der Waals surface area contributed by atoms with Crippen LogP contribution in [0.5, 0.6) is 11.5 Å². The summed E-state index contributed by atoms with van der Waals surface area (Å²) in [6, 6.07) is 3.86. The molecular formula is C15H20BrN5O2. The van der Waals surface area contributed by atoms with Crippen molar-refractivity contribution in [1.82, 2.24) is 20.2 Å². The molecule has 0 amide bonds. The Labute approximate surface area is 143 Å². The van der Waals surface area contributed by atoms with Crippen LogP contribution in [-0.4, -0.2) is 33.4 Å². The lowest BCUT2D eigenvalue weighted by molar-refractivity contribution is 0.228. The number of methoxy groups -OCH3 is 1. The molecule has 1 N–H and O–H groups in total. The Balaban J connectivity index is 2.25. The van der Waals surface area contributed by atoms with E-state index < -0.39 is 0 Å². The van der Waals surface area contributed by atoms with Crippen molar-refractivity contribution in [1.29, 1.82) is 0 Å². The van der Waals surface area contributed by atoms with Crippen LogP contribution >= 0.6 is 15.9 Å². The van der Waals surface area contributed by atoms with Crippen molar-refractivity contribution in [2.75, 3.05) is 12.4 Å². The summed E-state index contributed by atoms with van der Waals surface area (Å²) >= 11 is 3.49. The number of halogens is 1. The van der Waals surface area contributed by atoms with Crippen LogP contribution < -0.4 is 14.8 Å². The van der Waals surface area contributed by atoms with E-state index in [-0.39, 0.29) is 6.10 Å². The van der Waals surface area contributed by atoms with Crippen LogP contribution in [0.25, 0.3) is 0 Å². The van der Waals surface area contributed by atoms with Gasteiger partial charge in [0.25, 0.3) is 0 Å². The van der Waals surface area contributed by atoms with Gasteiger partial charge in [0.1, 0.15) is 0 Å². The zero-order valence-corrected chi connectivity index (χ0v) is 15.0. The van der Waals surface area contributed by atoms with Gasteiger partial charge in [0.15, 0.2) is 11.5 Å². The SMILES string of the molecule is C=CCn1nnnc1NCc1cc(Br)cc(OC)c1OC(C)C. The molecule has 1 aromatic heterocycles. The van der Waals surface area contributed by atoms with Gasteiger partial charge >= 0.3 is 0 Å². The molecule has 0 aliphatic carbocycles. The second-order valence-corrected chi connectivity index (χ2v) is 6.01. The molecule has 0 spiro atoms. The van der Waals surface area contributed by atoms with E-state index in [1.165, 1.54) is 0 Å². The molecule has 0 unspecified atom stereocenters. The number of anilines is 1. The highest BCUT2D eigenvalue weighted by Gasteiger charge is 2.15. The molecular weight excluding hydrogens is 362 g/mol. The summed E-state index contributed by atoms with van der Waals surface area (Å²) in [6.07, 6.45) is 1.77. The Morgan fingerprint density at radius 3 is 2.87 bits per heavy atom. The van der Waals surface area contributed by atoms with Crippen molar-refractivity contribution in [3.63, 3.8) is 0 Å². The fraction of sp³-hybridized carbons (Fsp3) is 0.400. The van der Waals surface area contributed by atoms with Gasteiger partial charge in [-0.05, 0) is 36.4 Å². The summed E-state index contributed by atoms with van der Waals surface area (Å²) in [5.41, 5.74) is 0.943. The number of ether oxygens (including phenoxy) is 2. The van der Waals surface area contributed by atoms with Crippen molar-refractivity contribution < 1.29 is 9.47 Å². The van der Waals surface area contributed by atoms with Crippen LogP contribution in [0, 0.1) is 0 Å². The van der Waals surface area contributed by atoms with Crippen LogP contribution in [0.15, 0.2) is 29.3 Å². The predicted molar refractivity (Wildman–Crippen MR) is 91.8 cm³/mol. The minimum atomic E-state index is 0.0370. The number of nitrogens with zero attached hydrogens (tertiary/aromatic N) is 4. The second-order valence-electron chi connectivity index (χ2n) is 5.09. The molecule has 2 aromatic rings. The van der Waals surface area contributed by atoms with E-state index in [0.717, 1.165) is 10.0 Å². The fourth-order valence-electron chi connectivity index (χ4n) is 2.03. The first kappa shape index (κ1) is 17.3. The summed E-state index contributed by atoms with van der Waals surface area (Å²) in [4.78, 5) is 0.